The number of nitrogens with one attached hydrogen (secondary N) is 1. The Hall–Kier alpha value is -1.13. The second-order valence-corrected chi connectivity index (χ2v) is 6.83. The molecule has 19 heavy (non-hydrogen) atoms. The van der Waals surface area contributed by atoms with E-state index in [4.69, 9.17) is 16.9 Å². The van der Waals surface area contributed by atoms with Gasteiger partial charge in [-0.25, -0.2) is 8.42 Å². The molecule has 1 atom stereocenters. The Morgan fingerprint density at radius 3 is 2.79 bits per heavy atom. The summed E-state index contributed by atoms with van der Waals surface area (Å²) in [4.78, 5) is 0.117. The van der Waals surface area contributed by atoms with Gasteiger partial charge in [0.1, 0.15) is 6.07 Å². The molecule has 0 radical (unpaired) electrons. The van der Waals surface area contributed by atoms with Crippen LogP contribution in [0.2, 0.25) is 5.02 Å². The fourth-order valence-electron chi connectivity index (χ4n) is 2.06. The summed E-state index contributed by atoms with van der Waals surface area (Å²) in [6, 6.07) is 6.04. The van der Waals surface area contributed by atoms with Crippen molar-refractivity contribution in [2.45, 2.75) is 17.4 Å². The first-order chi connectivity index (χ1) is 8.96. The molecule has 1 aromatic carbocycles. The van der Waals surface area contributed by atoms with E-state index >= 15 is 0 Å². The van der Waals surface area contributed by atoms with Crippen molar-refractivity contribution in [3.8, 4) is 6.07 Å². The zero-order chi connectivity index (χ0) is 14.0. The van der Waals surface area contributed by atoms with Crippen LogP contribution < -0.4 is 5.32 Å². The number of halogens is 1. The molecule has 0 spiro atoms. The van der Waals surface area contributed by atoms with E-state index in [0.717, 1.165) is 13.0 Å². The minimum atomic E-state index is -3.57. The first-order valence-corrected chi connectivity index (χ1v) is 7.67. The van der Waals surface area contributed by atoms with Crippen molar-refractivity contribution in [2.24, 2.45) is 0 Å². The molecule has 0 aliphatic carbocycles. The predicted octanol–water partition coefficient (Wildman–Crippen LogP) is 1.19. The van der Waals surface area contributed by atoms with Gasteiger partial charge in [0.25, 0.3) is 0 Å². The first-order valence-electron chi connectivity index (χ1n) is 5.85. The van der Waals surface area contributed by atoms with Gasteiger partial charge in [-0.1, -0.05) is 11.6 Å². The Kier molecular flexibility index (Phi) is 4.11. The van der Waals surface area contributed by atoms with Crippen molar-refractivity contribution >= 4 is 21.6 Å². The number of likely N-dealkylation sites (N-methyl/N-ethyl adjacent to an activating group) is 1. The molecule has 1 aromatic rings. The smallest absolute Gasteiger partial charge is 0.243 e. The Labute approximate surface area is 117 Å². The molecular formula is C12H14ClN3O2S. The van der Waals surface area contributed by atoms with E-state index in [1.807, 2.05) is 6.07 Å². The van der Waals surface area contributed by atoms with E-state index in [0.29, 0.717) is 6.54 Å². The lowest BCUT2D eigenvalue weighted by atomic mass is 10.2. The van der Waals surface area contributed by atoms with Crippen molar-refractivity contribution < 1.29 is 8.42 Å². The van der Waals surface area contributed by atoms with E-state index in [2.05, 4.69) is 5.32 Å². The number of sulfonamides is 1. The van der Waals surface area contributed by atoms with Gasteiger partial charge < -0.3 is 5.32 Å². The van der Waals surface area contributed by atoms with Gasteiger partial charge in [0.2, 0.25) is 10.0 Å². The highest BCUT2D eigenvalue weighted by Gasteiger charge is 2.30. The van der Waals surface area contributed by atoms with Crippen LogP contribution in [0.15, 0.2) is 23.1 Å². The second kappa shape index (κ2) is 5.47. The fraction of sp³-hybridized carbons (Fsp3) is 0.417. The van der Waals surface area contributed by atoms with Crippen LogP contribution in [0, 0.1) is 11.3 Å². The van der Waals surface area contributed by atoms with Crippen LogP contribution in [0.1, 0.15) is 12.0 Å². The Morgan fingerprint density at radius 2 is 2.26 bits per heavy atom. The molecule has 1 unspecified atom stereocenters. The lowest BCUT2D eigenvalue weighted by molar-refractivity contribution is 0.388. The van der Waals surface area contributed by atoms with Crippen molar-refractivity contribution in [1.82, 2.24) is 9.62 Å². The van der Waals surface area contributed by atoms with E-state index in [1.165, 1.54) is 22.5 Å². The summed E-state index contributed by atoms with van der Waals surface area (Å²) >= 11 is 5.88. The Bertz CT molecular complexity index is 618. The van der Waals surface area contributed by atoms with Gasteiger partial charge in [0.05, 0.1) is 15.5 Å². The summed E-state index contributed by atoms with van der Waals surface area (Å²) < 4.78 is 26.2. The maximum absolute atomic E-state index is 12.4. The summed E-state index contributed by atoms with van der Waals surface area (Å²) in [6.45, 7) is 1.47. The number of hydrogen-bond acceptors (Lipinski definition) is 4. The summed E-state index contributed by atoms with van der Waals surface area (Å²) in [5.41, 5.74) is 0.269. The minimum absolute atomic E-state index is 0.0422. The molecule has 1 saturated heterocycles. The van der Waals surface area contributed by atoms with Gasteiger partial charge in [0.15, 0.2) is 0 Å². The SMILES string of the molecule is CN(C1CCNC1)S(=O)(=O)c1ccc(C#N)c(Cl)c1. The molecule has 0 saturated carbocycles. The van der Waals surface area contributed by atoms with Crippen LogP contribution in [0.4, 0.5) is 0 Å². The highest BCUT2D eigenvalue weighted by Crippen LogP contribution is 2.24. The van der Waals surface area contributed by atoms with Gasteiger partial charge in [0, 0.05) is 19.6 Å². The summed E-state index contributed by atoms with van der Waals surface area (Å²) in [5, 5.41) is 12.1. The van der Waals surface area contributed by atoms with Crippen LogP contribution in [0.5, 0.6) is 0 Å². The molecule has 1 N–H and O–H groups in total. The van der Waals surface area contributed by atoms with Gasteiger partial charge in [-0.2, -0.15) is 9.57 Å². The van der Waals surface area contributed by atoms with Crippen LogP contribution >= 0.6 is 11.6 Å². The van der Waals surface area contributed by atoms with Gasteiger partial charge in [-0.15, -0.1) is 0 Å². The van der Waals surface area contributed by atoms with Crippen LogP contribution in [-0.2, 0) is 10.0 Å². The third-order valence-corrected chi connectivity index (χ3v) is 5.51. The zero-order valence-corrected chi connectivity index (χ0v) is 12.0. The van der Waals surface area contributed by atoms with E-state index in [1.54, 1.807) is 7.05 Å². The first kappa shape index (κ1) is 14.3. The van der Waals surface area contributed by atoms with Crippen LogP contribution in [-0.4, -0.2) is 38.9 Å². The molecule has 1 aliphatic rings. The van der Waals surface area contributed by atoms with Gasteiger partial charge in [-0.3, -0.25) is 0 Å². The number of nitriles is 1. The average Bonchev–Trinajstić information content (AvgIpc) is 2.91. The average molecular weight is 300 g/mol. The van der Waals surface area contributed by atoms with E-state index < -0.39 is 10.0 Å². The molecule has 0 aromatic heterocycles. The topological polar surface area (TPSA) is 73.2 Å². The van der Waals surface area contributed by atoms with Crippen molar-refractivity contribution in [3.63, 3.8) is 0 Å². The number of hydrogen-bond donors (Lipinski definition) is 1. The van der Waals surface area contributed by atoms with E-state index in [9.17, 15) is 8.42 Å². The van der Waals surface area contributed by atoms with Crippen LogP contribution in [0.3, 0.4) is 0 Å². The maximum Gasteiger partial charge on any atom is 0.243 e. The third-order valence-electron chi connectivity index (χ3n) is 3.29. The molecule has 0 bridgehead atoms. The predicted molar refractivity (Wildman–Crippen MR) is 72.4 cm³/mol. The molecular weight excluding hydrogens is 286 g/mol. The highest BCUT2D eigenvalue weighted by atomic mass is 35.5. The molecule has 0 amide bonds. The minimum Gasteiger partial charge on any atom is -0.315 e. The molecule has 7 heteroatoms. The van der Waals surface area contributed by atoms with Gasteiger partial charge >= 0.3 is 0 Å². The molecule has 1 heterocycles. The molecule has 102 valence electrons. The number of rotatable bonds is 3. The second-order valence-electron chi connectivity index (χ2n) is 4.42. The van der Waals surface area contributed by atoms with Gasteiger partial charge in [-0.05, 0) is 31.2 Å². The number of nitrogens with zero attached hydrogens (tertiary/aromatic N) is 2. The Morgan fingerprint density at radius 1 is 1.53 bits per heavy atom. The highest BCUT2D eigenvalue weighted by molar-refractivity contribution is 7.89. The summed E-state index contributed by atoms with van der Waals surface area (Å²) in [5.74, 6) is 0. The third kappa shape index (κ3) is 2.74. The lowest BCUT2D eigenvalue weighted by Crippen LogP contribution is -2.38. The maximum atomic E-state index is 12.4. The van der Waals surface area contributed by atoms with Crippen LogP contribution in [0.25, 0.3) is 0 Å². The quantitative estimate of drug-likeness (QED) is 0.910. The van der Waals surface area contributed by atoms with E-state index in [-0.39, 0.29) is 21.5 Å². The van der Waals surface area contributed by atoms with Crippen molar-refractivity contribution in [3.05, 3.63) is 28.8 Å². The van der Waals surface area contributed by atoms with Crippen molar-refractivity contribution in [1.29, 1.82) is 5.26 Å². The monoisotopic (exact) mass is 299 g/mol. The standard InChI is InChI=1S/C12H14ClN3O2S/c1-16(10-4-5-15-8-10)19(17,18)11-3-2-9(7-14)12(13)6-11/h2-3,6,10,15H,4-5,8H2,1H3. The number of benzene rings is 1. The molecule has 5 nitrogen and oxygen atoms in total. The molecule has 2 rings (SSSR count). The normalized spacial score (nSPS) is 19.6. The Balaban J connectivity index is 2.34. The molecule has 1 aliphatic heterocycles. The summed E-state index contributed by atoms with van der Waals surface area (Å²) in [7, 11) is -2.00. The fourth-order valence-corrected chi connectivity index (χ4v) is 3.76. The largest absolute Gasteiger partial charge is 0.315 e. The lowest BCUT2D eigenvalue weighted by Gasteiger charge is -2.23. The zero-order valence-electron chi connectivity index (χ0n) is 10.4. The van der Waals surface area contributed by atoms with Crippen molar-refractivity contribution in [2.75, 3.05) is 20.1 Å². The molecule has 1 fully saturated rings. The summed E-state index contributed by atoms with van der Waals surface area (Å²) in [6.07, 6.45) is 0.791.